The third kappa shape index (κ3) is 5.58. The van der Waals surface area contributed by atoms with Gasteiger partial charge >= 0.3 is 6.03 Å². The number of carbonyl (C=O) groups excluding carboxylic acids is 1. The number of urea groups is 1. The standard InChI is InChI=1S/C21H28N4O/c1-24-12-14-25(15-13-24)20(16-18-8-4-2-5-9-18)17-22-21(26)23-19-10-6-3-7-11-19/h2-11,20H,12-17H2,1H3,(H2,22,23,26). The van der Waals surface area contributed by atoms with Crippen LogP contribution in [0.25, 0.3) is 0 Å². The Morgan fingerprint density at radius 1 is 0.962 bits per heavy atom. The molecule has 1 saturated heterocycles. The fraction of sp³-hybridized carbons (Fsp3) is 0.381. The number of piperazine rings is 1. The predicted octanol–water partition coefficient (Wildman–Crippen LogP) is 2.67. The van der Waals surface area contributed by atoms with Crippen molar-refractivity contribution in [1.82, 2.24) is 15.1 Å². The summed E-state index contributed by atoms with van der Waals surface area (Å²) in [6.45, 7) is 4.85. The second-order valence-corrected chi connectivity index (χ2v) is 6.88. The Balaban J connectivity index is 1.58. The molecular weight excluding hydrogens is 324 g/mol. The second-order valence-electron chi connectivity index (χ2n) is 6.88. The Bertz CT molecular complexity index is 669. The van der Waals surface area contributed by atoms with Crippen molar-refractivity contribution in [3.63, 3.8) is 0 Å². The van der Waals surface area contributed by atoms with Crippen molar-refractivity contribution in [2.45, 2.75) is 12.5 Å². The van der Waals surface area contributed by atoms with E-state index in [9.17, 15) is 4.79 Å². The number of likely N-dealkylation sites (N-methyl/N-ethyl adjacent to an activating group) is 1. The summed E-state index contributed by atoms with van der Waals surface area (Å²) in [6, 6.07) is 20.2. The van der Waals surface area contributed by atoms with Gasteiger partial charge in [-0.2, -0.15) is 0 Å². The molecule has 3 rings (SSSR count). The third-order valence-electron chi connectivity index (χ3n) is 4.90. The molecule has 1 atom stereocenters. The average Bonchev–Trinajstić information content (AvgIpc) is 2.67. The zero-order valence-corrected chi connectivity index (χ0v) is 15.4. The quantitative estimate of drug-likeness (QED) is 0.840. The Kier molecular flexibility index (Phi) is 6.63. The van der Waals surface area contributed by atoms with Gasteiger partial charge < -0.3 is 15.5 Å². The SMILES string of the molecule is CN1CCN(C(CNC(=O)Nc2ccccc2)Cc2ccccc2)CC1. The van der Waals surface area contributed by atoms with E-state index in [-0.39, 0.29) is 6.03 Å². The second kappa shape index (κ2) is 9.36. The molecule has 2 aromatic carbocycles. The van der Waals surface area contributed by atoms with Crippen molar-refractivity contribution in [2.24, 2.45) is 0 Å². The summed E-state index contributed by atoms with van der Waals surface area (Å²) in [5.41, 5.74) is 2.12. The predicted molar refractivity (Wildman–Crippen MR) is 106 cm³/mol. The van der Waals surface area contributed by atoms with Crippen LogP contribution in [0, 0.1) is 0 Å². The van der Waals surface area contributed by atoms with Gasteiger partial charge in [-0.25, -0.2) is 4.79 Å². The lowest BCUT2D eigenvalue weighted by atomic mass is 10.0. The molecule has 1 heterocycles. The van der Waals surface area contributed by atoms with E-state index in [0.717, 1.165) is 38.3 Å². The topological polar surface area (TPSA) is 47.6 Å². The Hall–Kier alpha value is -2.37. The zero-order valence-electron chi connectivity index (χ0n) is 15.4. The number of rotatable bonds is 6. The number of anilines is 1. The van der Waals surface area contributed by atoms with Gasteiger partial charge in [0.05, 0.1) is 0 Å². The van der Waals surface area contributed by atoms with Crippen molar-refractivity contribution < 1.29 is 4.79 Å². The number of hydrogen-bond donors (Lipinski definition) is 2. The molecule has 0 radical (unpaired) electrons. The lowest BCUT2D eigenvalue weighted by Gasteiger charge is -2.38. The highest BCUT2D eigenvalue weighted by Crippen LogP contribution is 2.12. The van der Waals surface area contributed by atoms with Crippen LogP contribution < -0.4 is 10.6 Å². The molecule has 5 heteroatoms. The van der Waals surface area contributed by atoms with Gasteiger partial charge in [0.15, 0.2) is 0 Å². The van der Waals surface area contributed by atoms with E-state index in [0.29, 0.717) is 12.6 Å². The summed E-state index contributed by atoms with van der Waals surface area (Å²) in [4.78, 5) is 17.1. The number of carbonyl (C=O) groups is 1. The molecule has 0 aromatic heterocycles. The molecule has 1 aliphatic heterocycles. The molecule has 0 bridgehead atoms. The number of hydrogen-bond acceptors (Lipinski definition) is 3. The molecule has 0 aliphatic carbocycles. The number of amides is 2. The van der Waals surface area contributed by atoms with Gasteiger partial charge in [-0.1, -0.05) is 48.5 Å². The van der Waals surface area contributed by atoms with E-state index in [1.165, 1.54) is 5.56 Å². The Morgan fingerprint density at radius 3 is 2.23 bits per heavy atom. The molecule has 5 nitrogen and oxygen atoms in total. The Labute approximate surface area is 156 Å². The molecule has 138 valence electrons. The van der Waals surface area contributed by atoms with Crippen LogP contribution in [0.15, 0.2) is 60.7 Å². The van der Waals surface area contributed by atoms with Crippen LogP contribution in [-0.2, 0) is 6.42 Å². The minimum Gasteiger partial charge on any atom is -0.336 e. The van der Waals surface area contributed by atoms with Gasteiger partial charge in [0.2, 0.25) is 0 Å². The third-order valence-corrected chi connectivity index (χ3v) is 4.90. The highest BCUT2D eigenvalue weighted by Gasteiger charge is 2.23. The first-order chi connectivity index (χ1) is 12.7. The lowest BCUT2D eigenvalue weighted by molar-refractivity contribution is 0.111. The Morgan fingerprint density at radius 2 is 1.58 bits per heavy atom. The highest BCUT2D eigenvalue weighted by atomic mass is 16.2. The molecule has 0 spiro atoms. The van der Waals surface area contributed by atoms with E-state index < -0.39 is 0 Å². The van der Waals surface area contributed by atoms with Crippen molar-refractivity contribution >= 4 is 11.7 Å². The molecule has 2 aromatic rings. The largest absolute Gasteiger partial charge is 0.336 e. The summed E-state index contributed by atoms with van der Waals surface area (Å²) in [5, 5.41) is 5.95. The van der Waals surface area contributed by atoms with E-state index >= 15 is 0 Å². The van der Waals surface area contributed by atoms with Crippen LogP contribution in [0.3, 0.4) is 0 Å². The van der Waals surface area contributed by atoms with Crippen molar-refractivity contribution in [2.75, 3.05) is 45.1 Å². The van der Waals surface area contributed by atoms with Crippen molar-refractivity contribution in [3.05, 3.63) is 66.2 Å². The zero-order chi connectivity index (χ0) is 18.2. The van der Waals surface area contributed by atoms with Crippen molar-refractivity contribution in [3.8, 4) is 0 Å². The van der Waals surface area contributed by atoms with Gasteiger partial charge in [-0.15, -0.1) is 0 Å². The molecule has 2 amide bonds. The molecular formula is C21H28N4O. The first kappa shape index (κ1) is 18.4. The minimum atomic E-state index is -0.150. The summed E-state index contributed by atoms with van der Waals surface area (Å²) in [6.07, 6.45) is 0.941. The van der Waals surface area contributed by atoms with Gasteiger partial charge in [0.25, 0.3) is 0 Å². The fourth-order valence-electron chi connectivity index (χ4n) is 3.31. The summed E-state index contributed by atoms with van der Waals surface area (Å²) in [7, 11) is 2.16. The van der Waals surface area contributed by atoms with E-state index in [1.807, 2.05) is 36.4 Å². The van der Waals surface area contributed by atoms with Crippen LogP contribution in [-0.4, -0.2) is 61.6 Å². The number of para-hydroxylation sites is 1. The monoisotopic (exact) mass is 352 g/mol. The van der Waals surface area contributed by atoms with Crippen LogP contribution >= 0.6 is 0 Å². The highest BCUT2D eigenvalue weighted by molar-refractivity contribution is 5.89. The summed E-state index contributed by atoms with van der Waals surface area (Å²) < 4.78 is 0. The maximum Gasteiger partial charge on any atom is 0.319 e. The maximum absolute atomic E-state index is 12.3. The van der Waals surface area contributed by atoms with E-state index in [4.69, 9.17) is 0 Å². The fourth-order valence-corrected chi connectivity index (χ4v) is 3.31. The smallest absolute Gasteiger partial charge is 0.319 e. The van der Waals surface area contributed by atoms with Crippen LogP contribution in [0.4, 0.5) is 10.5 Å². The average molecular weight is 352 g/mol. The molecule has 0 saturated carbocycles. The maximum atomic E-state index is 12.3. The minimum absolute atomic E-state index is 0.150. The summed E-state index contributed by atoms with van der Waals surface area (Å²) in [5.74, 6) is 0. The van der Waals surface area contributed by atoms with Gasteiger partial charge in [-0.3, -0.25) is 4.90 Å². The molecule has 1 unspecified atom stereocenters. The van der Waals surface area contributed by atoms with Gasteiger partial charge in [0.1, 0.15) is 0 Å². The first-order valence-electron chi connectivity index (χ1n) is 9.27. The van der Waals surface area contributed by atoms with Crippen LogP contribution in [0.1, 0.15) is 5.56 Å². The van der Waals surface area contributed by atoms with Crippen LogP contribution in [0.2, 0.25) is 0 Å². The van der Waals surface area contributed by atoms with E-state index in [2.05, 4.69) is 51.7 Å². The molecule has 2 N–H and O–H groups in total. The summed E-state index contributed by atoms with van der Waals surface area (Å²) >= 11 is 0. The number of nitrogens with one attached hydrogen (secondary N) is 2. The first-order valence-corrected chi connectivity index (χ1v) is 9.27. The van der Waals surface area contributed by atoms with E-state index in [1.54, 1.807) is 0 Å². The molecule has 26 heavy (non-hydrogen) atoms. The molecule has 1 aliphatic rings. The van der Waals surface area contributed by atoms with Gasteiger partial charge in [0, 0.05) is 44.5 Å². The van der Waals surface area contributed by atoms with Crippen molar-refractivity contribution in [1.29, 1.82) is 0 Å². The lowest BCUT2D eigenvalue weighted by Crippen LogP contribution is -2.53. The van der Waals surface area contributed by atoms with Crippen LogP contribution in [0.5, 0.6) is 0 Å². The van der Waals surface area contributed by atoms with Gasteiger partial charge in [-0.05, 0) is 31.2 Å². The number of nitrogens with zero attached hydrogens (tertiary/aromatic N) is 2. The molecule has 1 fully saturated rings. The number of benzene rings is 2. The normalized spacial score (nSPS) is 16.8.